The van der Waals surface area contributed by atoms with E-state index in [2.05, 4.69) is 17.1 Å². The van der Waals surface area contributed by atoms with E-state index in [0.29, 0.717) is 5.84 Å². The van der Waals surface area contributed by atoms with Crippen LogP contribution in [0.5, 0.6) is 5.75 Å². The molecule has 4 nitrogen and oxygen atoms in total. The highest BCUT2D eigenvalue weighted by Crippen LogP contribution is 2.14. The van der Waals surface area contributed by atoms with Crippen molar-refractivity contribution in [3.8, 4) is 5.75 Å². The Balaban J connectivity index is 1.91. The minimum absolute atomic E-state index is 0.613. The van der Waals surface area contributed by atoms with E-state index < -0.39 is 0 Å². The van der Waals surface area contributed by atoms with Gasteiger partial charge >= 0.3 is 0 Å². The number of benzene rings is 1. The summed E-state index contributed by atoms with van der Waals surface area (Å²) in [6.07, 6.45) is 2.23. The third-order valence-electron chi connectivity index (χ3n) is 3.33. The summed E-state index contributed by atoms with van der Waals surface area (Å²) in [6.45, 7) is 6.66. The van der Waals surface area contributed by atoms with Crippen LogP contribution in [-0.2, 0) is 0 Å². The van der Waals surface area contributed by atoms with Crippen molar-refractivity contribution in [2.24, 2.45) is 0 Å². The summed E-state index contributed by atoms with van der Waals surface area (Å²) in [6, 6.07) is 7.88. The summed E-state index contributed by atoms with van der Waals surface area (Å²) in [4.78, 5) is 2.11. The van der Waals surface area contributed by atoms with Crippen molar-refractivity contribution in [2.45, 2.75) is 19.8 Å². The third kappa shape index (κ3) is 3.96. The van der Waals surface area contributed by atoms with Crippen LogP contribution in [0.15, 0.2) is 24.3 Å². The molecule has 4 heteroatoms. The highest BCUT2D eigenvalue weighted by atomic mass is 16.5. The zero-order chi connectivity index (χ0) is 13.5. The van der Waals surface area contributed by atoms with E-state index in [9.17, 15) is 0 Å². The lowest BCUT2D eigenvalue weighted by Gasteiger charge is -2.29. The quantitative estimate of drug-likeness (QED) is 0.485. The Hall–Kier alpha value is -1.55. The molecular weight excluding hydrogens is 238 g/mol. The minimum atomic E-state index is 0.613. The van der Waals surface area contributed by atoms with Gasteiger partial charge in [0.1, 0.15) is 11.6 Å². The van der Waals surface area contributed by atoms with Crippen LogP contribution >= 0.6 is 0 Å². The van der Waals surface area contributed by atoms with Crippen molar-refractivity contribution in [2.75, 3.05) is 32.8 Å². The van der Waals surface area contributed by atoms with Gasteiger partial charge in [0, 0.05) is 31.7 Å². The molecule has 2 rings (SSSR count). The fourth-order valence-corrected chi connectivity index (χ4v) is 2.11. The molecule has 0 aromatic heterocycles. The number of ether oxygens (including phenoxy) is 1. The molecule has 1 saturated heterocycles. The third-order valence-corrected chi connectivity index (χ3v) is 3.33. The van der Waals surface area contributed by atoms with Crippen molar-refractivity contribution in [1.29, 1.82) is 5.41 Å². The van der Waals surface area contributed by atoms with E-state index in [0.717, 1.165) is 56.9 Å². The van der Waals surface area contributed by atoms with Gasteiger partial charge in [0.2, 0.25) is 0 Å². The molecule has 1 aromatic carbocycles. The molecule has 0 amide bonds. The number of nitrogens with one attached hydrogen (secondary N) is 2. The molecule has 19 heavy (non-hydrogen) atoms. The average molecular weight is 261 g/mol. The molecule has 0 saturated carbocycles. The highest BCUT2D eigenvalue weighted by Gasteiger charge is 2.14. The maximum atomic E-state index is 8.22. The number of rotatable bonds is 5. The molecule has 104 valence electrons. The fourth-order valence-electron chi connectivity index (χ4n) is 2.11. The Kier molecular flexibility index (Phi) is 5.21. The second kappa shape index (κ2) is 7.14. The van der Waals surface area contributed by atoms with Gasteiger partial charge in [-0.3, -0.25) is 5.41 Å². The molecule has 0 spiro atoms. The van der Waals surface area contributed by atoms with Gasteiger partial charge < -0.3 is 15.0 Å². The van der Waals surface area contributed by atoms with Gasteiger partial charge in [-0.1, -0.05) is 13.3 Å². The number of hydrogen-bond donors (Lipinski definition) is 2. The van der Waals surface area contributed by atoms with E-state index >= 15 is 0 Å². The van der Waals surface area contributed by atoms with E-state index in [1.54, 1.807) is 0 Å². The maximum Gasteiger partial charge on any atom is 0.128 e. The van der Waals surface area contributed by atoms with Crippen LogP contribution in [0.1, 0.15) is 25.3 Å². The molecular formula is C15H23N3O. The average Bonchev–Trinajstić information content (AvgIpc) is 2.48. The van der Waals surface area contributed by atoms with Crippen LogP contribution in [0.25, 0.3) is 0 Å². The molecule has 1 fully saturated rings. The van der Waals surface area contributed by atoms with Crippen LogP contribution in [0, 0.1) is 5.41 Å². The lowest BCUT2D eigenvalue weighted by molar-refractivity contribution is 0.309. The van der Waals surface area contributed by atoms with Gasteiger partial charge in [0.05, 0.1) is 6.61 Å². The second-order valence-corrected chi connectivity index (χ2v) is 4.81. The lowest BCUT2D eigenvalue weighted by Crippen LogP contribution is -2.46. The van der Waals surface area contributed by atoms with Crippen molar-refractivity contribution < 1.29 is 4.74 Å². The smallest absolute Gasteiger partial charge is 0.128 e. The molecule has 0 radical (unpaired) electrons. The summed E-state index contributed by atoms with van der Waals surface area (Å²) in [5.74, 6) is 1.51. The normalized spacial score (nSPS) is 15.3. The first-order valence-corrected chi connectivity index (χ1v) is 7.08. The summed E-state index contributed by atoms with van der Waals surface area (Å²) in [7, 11) is 0. The first-order chi connectivity index (χ1) is 9.31. The summed E-state index contributed by atoms with van der Waals surface area (Å²) >= 11 is 0. The number of piperazine rings is 1. The van der Waals surface area contributed by atoms with Crippen LogP contribution in [0.3, 0.4) is 0 Å². The van der Waals surface area contributed by atoms with Crippen molar-refractivity contribution in [1.82, 2.24) is 10.2 Å². The molecule has 0 unspecified atom stereocenters. The van der Waals surface area contributed by atoms with Crippen LogP contribution in [0.4, 0.5) is 0 Å². The molecule has 0 atom stereocenters. The molecule has 0 aliphatic carbocycles. The first-order valence-electron chi connectivity index (χ1n) is 7.08. The summed E-state index contributed by atoms with van der Waals surface area (Å²) in [5, 5.41) is 11.5. The number of amidine groups is 1. The molecule has 1 heterocycles. The Morgan fingerprint density at radius 3 is 2.58 bits per heavy atom. The van der Waals surface area contributed by atoms with E-state index in [-0.39, 0.29) is 0 Å². The van der Waals surface area contributed by atoms with Crippen LogP contribution in [-0.4, -0.2) is 43.5 Å². The van der Waals surface area contributed by atoms with Crippen molar-refractivity contribution in [3.05, 3.63) is 29.8 Å². The first kappa shape index (κ1) is 13.9. The van der Waals surface area contributed by atoms with Crippen LogP contribution < -0.4 is 10.1 Å². The zero-order valence-electron chi connectivity index (χ0n) is 11.6. The summed E-state index contributed by atoms with van der Waals surface area (Å²) < 4.78 is 5.63. The van der Waals surface area contributed by atoms with Crippen LogP contribution in [0.2, 0.25) is 0 Å². The largest absolute Gasteiger partial charge is 0.494 e. The number of unbranched alkanes of at least 4 members (excludes halogenated alkanes) is 1. The number of hydrogen-bond acceptors (Lipinski definition) is 3. The van der Waals surface area contributed by atoms with E-state index in [1.807, 2.05) is 24.3 Å². The van der Waals surface area contributed by atoms with Gasteiger partial charge in [0.15, 0.2) is 0 Å². The van der Waals surface area contributed by atoms with Gasteiger partial charge in [-0.25, -0.2) is 0 Å². The zero-order valence-corrected chi connectivity index (χ0v) is 11.6. The van der Waals surface area contributed by atoms with Crippen molar-refractivity contribution >= 4 is 5.84 Å². The Labute approximate surface area is 115 Å². The number of nitrogens with zero attached hydrogens (tertiary/aromatic N) is 1. The molecule has 2 N–H and O–H groups in total. The topological polar surface area (TPSA) is 48.4 Å². The highest BCUT2D eigenvalue weighted by molar-refractivity contribution is 5.96. The second-order valence-electron chi connectivity index (χ2n) is 4.81. The Bertz CT molecular complexity index is 396. The Morgan fingerprint density at radius 2 is 1.95 bits per heavy atom. The molecule has 1 aliphatic rings. The van der Waals surface area contributed by atoms with Gasteiger partial charge in [-0.2, -0.15) is 0 Å². The standard InChI is InChI=1S/C15H23N3O/c1-2-3-12-19-14-6-4-13(5-7-14)15(16)18-10-8-17-9-11-18/h4-7,16-17H,2-3,8-12H2,1H3. The molecule has 1 aromatic rings. The Morgan fingerprint density at radius 1 is 1.26 bits per heavy atom. The predicted octanol–water partition coefficient (Wildman–Crippen LogP) is 2.10. The van der Waals surface area contributed by atoms with Crippen molar-refractivity contribution in [3.63, 3.8) is 0 Å². The fraction of sp³-hybridized carbons (Fsp3) is 0.533. The van der Waals surface area contributed by atoms with E-state index in [4.69, 9.17) is 10.1 Å². The summed E-state index contributed by atoms with van der Waals surface area (Å²) in [5.41, 5.74) is 0.963. The SMILES string of the molecule is CCCCOc1ccc(C(=N)N2CCNCC2)cc1. The lowest BCUT2D eigenvalue weighted by atomic mass is 10.1. The van der Waals surface area contributed by atoms with Gasteiger partial charge in [-0.15, -0.1) is 0 Å². The maximum absolute atomic E-state index is 8.22. The molecule has 1 aliphatic heterocycles. The molecule has 0 bridgehead atoms. The van der Waals surface area contributed by atoms with Gasteiger partial charge in [0.25, 0.3) is 0 Å². The van der Waals surface area contributed by atoms with Gasteiger partial charge in [-0.05, 0) is 30.7 Å². The predicted molar refractivity (Wildman–Crippen MR) is 78.1 cm³/mol. The van der Waals surface area contributed by atoms with E-state index in [1.165, 1.54) is 0 Å². The monoisotopic (exact) mass is 261 g/mol. The minimum Gasteiger partial charge on any atom is -0.494 e.